The summed E-state index contributed by atoms with van der Waals surface area (Å²) in [6.45, 7) is 8.00. The number of benzene rings is 1. The lowest BCUT2D eigenvalue weighted by Gasteiger charge is -2.19. The molecule has 0 unspecified atom stereocenters. The first-order chi connectivity index (χ1) is 15.7. The average Bonchev–Trinajstić information content (AvgIpc) is 3.32. The van der Waals surface area contributed by atoms with E-state index in [9.17, 15) is 4.79 Å². The standard InChI is InChI=1S/C24H27N5OS2/c1-3-28(4-2)14-9-15-29-23(30)19-10-5-6-11-20(19)27-24(29)32-17-18-16-31-22(26-18)21-12-7-8-13-25-21/h5-8,10-13,16H,3-4,9,14-15,17H2,1-2H3. The van der Waals surface area contributed by atoms with E-state index < -0.39 is 0 Å². The highest BCUT2D eigenvalue weighted by atomic mass is 32.2. The van der Waals surface area contributed by atoms with Gasteiger partial charge in [0.1, 0.15) is 5.01 Å². The normalized spacial score (nSPS) is 11.5. The Morgan fingerprint density at radius 1 is 1.06 bits per heavy atom. The molecule has 0 atom stereocenters. The lowest BCUT2D eigenvalue weighted by molar-refractivity contribution is 0.290. The predicted molar refractivity (Wildman–Crippen MR) is 133 cm³/mol. The van der Waals surface area contributed by atoms with Crippen LogP contribution in [0.25, 0.3) is 21.6 Å². The molecule has 0 aliphatic rings. The lowest BCUT2D eigenvalue weighted by atomic mass is 10.2. The molecule has 0 bridgehead atoms. The van der Waals surface area contributed by atoms with Crippen molar-refractivity contribution in [3.8, 4) is 10.7 Å². The molecule has 0 fully saturated rings. The molecule has 0 amide bonds. The zero-order chi connectivity index (χ0) is 22.3. The van der Waals surface area contributed by atoms with E-state index in [1.807, 2.05) is 47.0 Å². The Hall–Kier alpha value is -2.55. The van der Waals surface area contributed by atoms with Gasteiger partial charge < -0.3 is 4.90 Å². The minimum atomic E-state index is 0.0325. The highest BCUT2D eigenvalue weighted by Gasteiger charge is 2.13. The van der Waals surface area contributed by atoms with E-state index in [1.165, 1.54) is 0 Å². The fourth-order valence-corrected chi connectivity index (χ4v) is 5.38. The number of para-hydroxylation sites is 1. The molecule has 1 aromatic carbocycles. The maximum atomic E-state index is 13.2. The summed E-state index contributed by atoms with van der Waals surface area (Å²) in [6, 6.07) is 13.4. The van der Waals surface area contributed by atoms with Crippen molar-refractivity contribution in [3.05, 3.63) is 70.1 Å². The predicted octanol–water partition coefficient (Wildman–Crippen LogP) is 4.94. The van der Waals surface area contributed by atoms with E-state index in [0.717, 1.165) is 53.1 Å². The van der Waals surface area contributed by atoms with Crippen LogP contribution in [0, 0.1) is 0 Å². The zero-order valence-corrected chi connectivity index (χ0v) is 20.0. The third-order valence-electron chi connectivity index (χ3n) is 5.36. The van der Waals surface area contributed by atoms with Gasteiger partial charge in [0.05, 0.1) is 22.3 Å². The van der Waals surface area contributed by atoms with Gasteiger partial charge in [-0.2, -0.15) is 0 Å². The van der Waals surface area contributed by atoms with Crippen LogP contribution in [0.1, 0.15) is 26.0 Å². The van der Waals surface area contributed by atoms with Crippen LogP contribution in [0.2, 0.25) is 0 Å². The quantitative estimate of drug-likeness (QED) is 0.244. The maximum absolute atomic E-state index is 13.2. The van der Waals surface area contributed by atoms with Gasteiger partial charge in [-0.05, 0) is 50.3 Å². The van der Waals surface area contributed by atoms with Crippen LogP contribution >= 0.6 is 23.1 Å². The SMILES string of the molecule is CCN(CC)CCCn1c(SCc2csc(-c3ccccn3)n2)nc2ccccc2c1=O. The third-order valence-corrected chi connectivity index (χ3v) is 7.29. The highest BCUT2D eigenvalue weighted by molar-refractivity contribution is 7.98. The Bertz CT molecular complexity index is 1220. The van der Waals surface area contributed by atoms with Crippen LogP contribution in [-0.4, -0.2) is 44.1 Å². The van der Waals surface area contributed by atoms with Gasteiger partial charge in [0.25, 0.3) is 5.56 Å². The van der Waals surface area contributed by atoms with Crippen LogP contribution in [0.4, 0.5) is 0 Å². The van der Waals surface area contributed by atoms with Crippen LogP contribution < -0.4 is 5.56 Å². The minimum absolute atomic E-state index is 0.0325. The fourth-order valence-electron chi connectivity index (χ4n) is 3.57. The molecular formula is C24H27N5OS2. The molecule has 0 spiro atoms. The van der Waals surface area contributed by atoms with E-state index >= 15 is 0 Å². The lowest BCUT2D eigenvalue weighted by Crippen LogP contribution is -2.28. The molecule has 0 radical (unpaired) electrons. The number of nitrogens with zero attached hydrogens (tertiary/aromatic N) is 5. The van der Waals surface area contributed by atoms with Crippen molar-refractivity contribution >= 4 is 34.0 Å². The molecule has 32 heavy (non-hydrogen) atoms. The van der Waals surface area contributed by atoms with Crippen molar-refractivity contribution in [1.82, 2.24) is 24.4 Å². The Morgan fingerprint density at radius 2 is 1.88 bits per heavy atom. The van der Waals surface area contributed by atoms with Crippen LogP contribution in [0.15, 0.2) is 64.0 Å². The first-order valence-corrected chi connectivity index (χ1v) is 12.8. The summed E-state index contributed by atoms with van der Waals surface area (Å²) in [4.78, 5) is 29.6. The number of pyridine rings is 1. The summed E-state index contributed by atoms with van der Waals surface area (Å²) in [7, 11) is 0. The van der Waals surface area contributed by atoms with E-state index in [4.69, 9.17) is 9.97 Å². The number of aromatic nitrogens is 4. The third kappa shape index (κ3) is 5.26. The van der Waals surface area contributed by atoms with Crippen molar-refractivity contribution in [2.75, 3.05) is 19.6 Å². The Kier molecular flexibility index (Phi) is 7.68. The molecule has 3 aromatic heterocycles. The van der Waals surface area contributed by atoms with Crippen molar-refractivity contribution in [1.29, 1.82) is 0 Å². The van der Waals surface area contributed by atoms with E-state index in [2.05, 4.69) is 29.1 Å². The minimum Gasteiger partial charge on any atom is -0.304 e. The van der Waals surface area contributed by atoms with Crippen LogP contribution in [-0.2, 0) is 12.3 Å². The van der Waals surface area contributed by atoms with Crippen molar-refractivity contribution in [2.45, 2.75) is 37.7 Å². The summed E-state index contributed by atoms with van der Waals surface area (Å²) in [5.74, 6) is 0.657. The van der Waals surface area contributed by atoms with Crippen molar-refractivity contribution in [2.24, 2.45) is 0 Å². The van der Waals surface area contributed by atoms with Gasteiger partial charge in [-0.25, -0.2) is 9.97 Å². The molecule has 0 aliphatic carbocycles. The first kappa shape index (κ1) is 22.6. The van der Waals surface area contributed by atoms with Gasteiger partial charge in [0, 0.05) is 23.9 Å². The van der Waals surface area contributed by atoms with Gasteiger partial charge in [-0.3, -0.25) is 14.3 Å². The van der Waals surface area contributed by atoms with Crippen LogP contribution in [0.3, 0.4) is 0 Å². The summed E-state index contributed by atoms with van der Waals surface area (Å²) in [6.07, 6.45) is 2.69. The molecule has 6 nitrogen and oxygen atoms in total. The van der Waals surface area contributed by atoms with Crippen LogP contribution in [0.5, 0.6) is 0 Å². The van der Waals surface area contributed by atoms with Crippen molar-refractivity contribution < 1.29 is 0 Å². The van der Waals surface area contributed by atoms with Gasteiger partial charge in [0.15, 0.2) is 5.16 Å². The number of thioether (sulfide) groups is 1. The molecule has 0 saturated heterocycles. The Morgan fingerprint density at radius 3 is 2.66 bits per heavy atom. The summed E-state index contributed by atoms with van der Waals surface area (Å²) >= 11 is 3.16. The smallest absolute Gasteiger partial charge is 0.262 e. The molecule has 4 rings (SSSR count). The summed E-state index contributed by atoms with van der Waals surface area (Å²) < 4.78 is 1.84. The molecule has 4 aromatic rings. The highest BCUT2D eigenvalue weighted by Crippen LogP contribution is 2.26. The number of hydrogen-bond donors (Lipinski definition) is 0. The topological polar surface area (TPSA) is 63.9 Å². The monoisotopic (exact) mass is 465 g/mol. The molecular weight excluding hydrogens is 438 g/mol. The number of hydrogen-bond acceptors (Lipinski definition) is 7. The van der Waals surface area contributed by atoms with Gasteiger partial charge >= 0.3 is 0 Å². The van der Waals surface area contributed by atoms with E-state index in [-0.39, 0.29) is 5.56 Å². The average molecular weight is 466 g/mol. The first-order valence-electron chi connectivity index (χ1n) is 10.9. The van der Waals surface area contributed by atoms with Gasteiger partial charge in [-0.1, -0.05) is 43.8 Å². The van der Waals surface area contributed by atoms with Crippen molar-refractivity contribution in [3.63, 3.8) is 0 Å². The van der Waals surface area contributed by atoms with Gasteiger partial charge in [0.2, 0.25) is 0 Å². The largest absolute Gasteiger partial charge is 0.304 e. The van der Waals surface area contributed by atoms with E-state index in [0.29, 0.717) is 17.7 Å². The zero-order valence-electron chi connectivity index (χ0n) is 18.4. The summed E-state index contributed by atoms with van der Waals surface area (Å²) in [5, 5.41) is 4.39. The van der Waals surface area contributed by atoms with Gasteiger partial charge in [-0.15, -0.1) is 11.3 Å². The second-order valence-electron chi connectivity index (χ2n) is 7.40. The molecule has 0 aliphatic heterocycles. The molecule has 8 heteroatoms. The Labute approximate surface area is 196 Å². The van der Waals surface area contributed by atoms with E-state index in [1.54, 1.807) is 29.3 Å². The summed E-state index contributed by atoms with van der Waals surface area (Å²) in [5.41, 5.74) is 2.63. The molecule has 0 N–H and O–H groups in total. The fraction of sp³-hybridized carbons (Fsp3) is 0.333. The molecule has 166 valence electrons. The number of rotatable bonds is 10. The number of fused-ring (bicyclic) bond motifs is 1. The molecule has 0 saturated carbocycles. The second kappa shape index (κ2) is 10.8. The molecule has 3 heterocycles. The Balaban J connectivity index is 1.55. The number of thiazole rings is 1. The maximum Gasteiger partial charge on any atom is 0.262 e. The second-order valence-corrected chi connectivity index (χ2v) is 9.20.